The molecule has 0 saturated heterocycles. The van der Waals surface area contributed by atoms with Crippen molar-refractivity contribution in [1.82, 2.24) is 9.55 Å². The Labute approximate surface area is 119 Å². The lowest BCUT2D eigenvalue weighted by molar-refractivity contribution is 0.209. The smallest absolute Gasteiger partial charge is 0.121 e. The molecule has 1 aliphatic carbocycles. The summed E-state index contributed by atoms with van der Waals surface area (Å²) in [6, 6.07) is 7.70. The Balaban J connectivity index is 1.75. The highest BCUT2D eigenvalue weighted by Gasteiger charge is 2.23. The Morgan fingerprint density at radius 2 is 2.10 bits per heavy atom. The van der Waals surface area contributed by atoms with Gasteiger partial charge >= 0.3 is 0 Å². The molecule has 106 valence electrons. The molecular weight excluding hydrogens is 252 g/mol. The first-order valence-corrected chi connectivity index (χ1v) is 7.22. The van der Waals surface area contributed by atoms with Crippen LogP contribution in [0, 0.1) is 0 Å². The van der Waals surface area contributed by atoms with Gasteiger partial charge in [0, 0.05) is 6.54 Å². The second-order valence-electron chi connectivity index (χ2n) is 5.30. The third kappa shape index (κ3) is 2.85. The zero-order valence-electron chi connectivity index (χ0n) is 11.7. The van der Waals surface area contributed by atoms with E-state index in [4.69, 9.17) is 4.74 Å². The molecule has 1 saturated carbocycles. The molecule has 1 N–H and O–H groups in total. The van der Waals surface area contributed by atoms with Gasteiger partial charge in [-0.25, -0.2) is 4.98 Å². The highest BCUT2D eigenvalue weighted by molar-refractivity contribution is 5.32. The minimum atomic E-state index is -0.640. The number of aliphatic hydroxyl groups is 1. The molecule has 0 bridgehead atoms. The van der Waals surface area contributed by atoms with E-state index in [0.29, 0.717) is 6.10 Å². The molecule has 1 aromatic carbocycles. The zero-order chi connectivity index (χ0) is 13.9. The van der Waals surface area contributed by atoms with E-state index in [2.05, 4.69) is 11.9 Å². The third-order valence-electron chi connectivity index (χ3n) is 3.51. The second kappa shape index (κ2) is 5.67. The van der Waals surface area contributed by atoms with Crippen LogP contribution in [0.15, 0.2) is 36.8 Å². The second-order valence-corrected chi connectivity index (χ2v) is 5.30. The van der Waals surface area contributed by atoms with Crippen molar-refractivity contribution < 1.29 is 9.84 Å². The SMILES string of the molecule is CCCn1cncc1C(O)c1ccc(OC2CC2)cc1. The van der Waals surface area contributed by atoms with Gasteiger partial charge in [-0.05, 0) is 37.0 Å². The quantitative estimate of drug-likeness (QED) is 0.879. The largest absolute Gasteiger partial charge is 0.490 e. The van der Waals surface area contributed by atoms with Crippen molar-refractivity contribution >= 4 is 0 Å². The van der Waals surface area contributed by atoms with E-state index in [9.17, 15) is 5.11 Å². The summed E-state index contributed by atoms with van der Waals surface area (Å²) in [6.07, 6.45) is 6.59. The van der Waals surface area contributed by atoms with Crippen molar-refractivity contribution in [3.8, 4) is 5.75 Å². The van der Waals surface area contributed by atoms with E-state index in [-0.39, 0.29) is 0 Å². The minimum Gasteiger partial charge on any atom is -0.490 e. The van der Waals surface area contributed by atoms with Gasteiger partial charge in [-0.2, -0.15) is 0 Å². The van der Waals surface area contributed by atoms with Gasteiger partial charge < -0.3 is 14.4 Å². The summed E-state index contributed by atoms with van der Waals surface area (Å²) in [5.41, 5.74) is 1.70. The van der Waals surface area contributed by atoms with E-state index >= 15 is 0 Å². The number of nitrogens with zero attached hydrogens (tertiary/aromatic N) is 2. The maximum Gasteiger partial charge on any atom is 0.121 e. The van der Waals surface area contributed by atoms with Gasteiger partial charge in [0.15, 0.2) is 0 Å². The van der Waals surface area contributed by atoms with Gasteiger partial charge in [0.1, 0.15) is 11.9 Å². The fourth-order valence-electron chi connectivity index (χ4n) is 2.26. The van der Waals surface area contributed by atoms with Gasteiger partial charge in [-0.3, -0.25) is 0 Å². The fraction of sp³-hybridized carbons (Fsp3) is 0.438. The molecule has 0 aliphatic heterocycles. The lowest BCUT2D eigenvalue weighted by atomic mass is 10.1. The molecule has 1 atom stereocenters. The van der Waals surface area contributed by atoms with E-state index < -0.39 is 6.10 Å². The van der Waals surface area contributed by atoms with Gasteiger partial charge in [0.2, 0.25) is 0 Å². The Bertz CT molecular complexity index is 558. The van der Waals surface area contributed by atoms with Crippen molar-refractivity contribution in [3.05, 3.63) is 48.0 Å². The molecule has 20 heavy (non-hydrogen) atoms. The van der Waals surface area contributed by atoms with Crippen molar-refractivity contribution in [2.45, 2.75) is 44.9 Å². The summed E-state index contributed by atoms with van der Waals surface area (Å²) in [7, 11) is 0. The first kappa shape index (κ1) is 13.2. The summed E-state index contributed by atoms with van der Waals surface area (Å²) in [5.74, 6) is 0.880. The molecule has 2 aromatic rings. The molecule has 1 aliphatic rings. The summed E-state index contributed by atoms with van der Waals surface area (Å²) in [6.45, 7) is 2.98. The normalized spacial score (nSPS) is 16.1. The molecule has 4 nitrogen and oxygen atoms in total. The number of benzene rings is 1. The summed E-state index contributed by atoms with van der Waals surface area (Å²) >= 11 is 0. The number of aliphatic hydroxyl groups excluding tert-OH is 1. The van der Waals surface area contributed by atoms with Crippen LogP contribution in [0.25, 0.3) is 0 Å². The summed E-state index contributed by atoms with van der Waals surface area (Å²) < 4.78 is 7.71. The van der Waals surface area contributed by atoms with Gasteiger partial charge in [0.05, 0.1) is 24.3 Å². The maximum atomic E-state index is 10.5. The molecular formula is C16H20N2O2. The van der Waals surface area contributed by atoms with Gasteiger partial charge in [-0.15, -0.1) is 0 Å². The molecule has 0 amide bonds. The number of ether oxygens (including phenoxy) is 1. The zero-order valence-corrected chi connectivity index (χ0v) is 11.7. The molecule has 1 aromatic heterocycles. The van der Waals surface area contributed by atoms with Crippen LogP contribution in [0.1, 0.15) is 43.5 Å². The van der Waals surface area contributed by atoms with E-state index in [0.717, 1.165) is 42.8 Å². The number of aryl methyl sites for hydroxylation is 1. The number of hydrogen-bond acceptors (Lipinski definition) is 3. The maximum absolute atomic E-state index is 10.5. The molecule has 0 spiro atoms. The summed E-state index contributed by atoms with van der Waals surface area (Å²) in [5, 5.41) is 10.5. The van der Waals surface area contributed by atoms with E-state index in [1.807, 2.05) is 28.8 Å². The summed E-state index contributed by atoms with van der Waals surface area (Å²) in [4.78, 5) is 4.13. The fourth-order valence-corrected chi connectivity index (χ4v) is 2.26. The molecule has 1 fully saturated rings. The van der Waals surface area contributed by atoms with Gasteiger partial charge in [0.25, 0.3) is 0 Å². The van der Waals surface area contributed by atoms with Crippen molar-refractivity contribution in [2.75, 3.05) is 0 Å². The number of aromatic nitrogens is 2. The van der Waals surface area contributed by atoms with E-state index in [1.54, 1.807) is 12.5 Å². The third-order valence-corrected chi connectivity index (χ3v) is 3.51. The number of rotatable bonds is 6. The lowest BCUT2D eigenvalue weighted by Crippen LogP contribution is -2.08. The molecule has 3 rings (SSSR count). The first-order chi connectivity index (χ1) is 9.78. The average Bonchev–Trinajstić information content (AvgIpc) is 3.15. The topological polar surface area (TPSA) is 47.3 Å². The first-order valence-electron chi connectivity index (χ1n) is 7.22. The van der Waals surface area contributed by atoms with Crippen LogP contribution in [-0.2, 0) is 6.54 Å². The predicted octanol–water partition coefficient (Wildman–Crippen LogP) is 2.92. The highest BCUT2D eigenvalue weighted by atomic mass is 16.5. The monoisotopic (exact) mass is 272 g/mol. The number of imidazole rings is 1. The Hall–Kier alpha value is -1.81. The molecule has 1 heterocycles. The Kier molecular flexibility index (Phi) is 3.74. The van der Waals surface area contributed by atoms with E-state index in [1.165, 1.54) is 0 Å². The lowest BCUT2D eigenvalue weighted by Gasteiger charge is -2.14. The van der Waals surface area contributed by atoms with Crippen LogP contribution in [0.2, 0.25) is 0 Å². The number of hydrogen-bond donors (Lipinski definition) is 1. The Morgan fingerprint density at radius 3 is 2.75 bits per heavy atom. The minimum absolute atomic E-state index is 0.400. The van der Waals surface area contributed by atoms with Crippen molar-refractivity contribution in [3.63, 3.8) is 0 Å². The Morgan fingerprint density at radius 1 is 1.35 bits per heavy atom. The molecule has 0 radical (unpaired) electrons. The van der Waals surface area contributed by atoms with Gasteiger partial charge in [-0.1, -0.05) is 19.1 Å². The predicted molar refractivity (Wildman–Crippen MR) is 76.7 cm³/mol. The van der Waals surface area contributed by atoms with Crippen LogP contribution in [-0.4, -0.2) is 20.8 Å². The molecule has 4 heteroatoms. The van der Waals surface area contributed by atoms with Crippen molar-refractivity contribution in [1.29, 1.82) is 0 Å². The van der Waals surface area contributed by atoms with Crippen LogP contribution >= 0.6 is 0 Å². The van der Waals surface area contributed by atoms with Crippen LogP contribution in [0.4, 0.5) is 0 Å². The highest BCUT2D eigenvalue weighted by Crippen LogP contribution is 2.28. The standard InChI is InChI=1S/C16H20N2O2/c1-2-9-18-11-17-10-15(18)16(19)12-3-5-13(6-4-12)20-14-7-8-14/h3-6,10-11,14,16,19H,2,7-9H2,1H3. The average molecular weight is 272 g/mol. The van der Waals surface area contributed by atoms with Crippen LogP contribution in [0.3, 0.4) is 0 Å². The molecule has 1 unspecified atom stereocenters. The van der Waals surface area contributed by atoms with Crippen molar-refractivity contribution in [2.24, 2.45) is 0 Å². The van der Waals surface area contributed by atoms with Crippen LogP contribution < -0.4 is 4.74 Å². The van der Waals surface area contributed by atoms with Crippen LogP contribution in [0.5, 0.6) is 5.75 Å².